The van der Waals surface area contributed by atoms with Gasteiger partial charge in [-0.05, 0) is 68.2 Å². The molecule has 0 aromatic heterocycles. The molecule has 0 spiro atoms. The third-order valence-corrected chi connectivity index (χ3v) is 9.87. The number of phenols is 1. The van der Waals surface area contributed by atoms with Crippen molar-refractivity contribution in [3.8, 4) is 16.9 Å². The number of carbonyl (C=O) groups is 3. The highest BCUT2D eigenvalue weighted by Gasteiger charge is 2.63. The number of aliphatic hydroxyl groups excluding tert-OH is 2. The summed E-state index contributed by atoms with van der Waals surface area (Å²) in [4.78, 5) is 45.9. The van der Waals surface area contributed by atoms with Gasteiger partial charge in [0.05, 0.1) is 11.6 Å². The largest absolute Gasteiger partial charge is 0.510 e. The fourth-order valence-electron chi connectivity index (χ4n) is 7.58. The van der Waals surface area contributed by atoms with E-state index in [4.69, 9.17) is 5.73 Å². The van der Waals surface area contributed by atoms with Gasteiger partial charge in [0.1, 0.15) is 22.8 Å². The second kappa shape index (κ2) is 10.8. The van der Waals surface area contributed by atoms with Crippen molar-refractivity contribution in [3.05, 3.63) is 75.8 Å². The van der Waals surface area contributed by atoms with E-state index in [1.165, 1.54) is 16.5 Å². The summed E-state index contributed by atoms with van der Waals surface area (Å²) in [7, 11) is 5.34. The van der Waals surface area contributed by atoms with Gasteiger partial charge in [-0.2, -0.15) is 0 Å². The fourth-order valence-corrected chi connectivity index (χ4v) is 7.58. The maximum absolute atomic E-state index is 14.0. The number of allylic oxidation sites excluding steroid dienone is 1. The number of phenolic OH excluding ortho intramolecular Hbond substituents is 1. The topological polar surface area (TPSA) is 168 Å². The van der Waals surface area contributed by atoms with E-state index < -0.39 is 58.0 Å². The highest BCUT2D eigenvalue weighted by atomic mass is 16.3. The standard InChI is InChI=1S/C33H38N4O7/c1-35(2)27-22-15-19-14-21-20(18-6-4-17(5-7-18)16-37-12-10-36(3)11-13-37)8-9-23(38)25(21)28(39)24(19)30(41)33(22,44)31(42)26(29(27)40)32(34)43/h4-9,19,22,27,38,40-41,44H,10-16H2,1-3H3,(H2,34,43)/t19?,22-,27-,33-/m0/s1. The van der Waals surface area contributed by atoms with Gasteiger partial charge >= 0.3 is 0 Å². The van der Waals surface area contributed by atoms with Gasteiger partial charge in [0.15, 0.2) is 11.4 Å². The smallest absolute Gasteiger partial charge is 0.255 e. The molecule has 1 heterocycles. The number of aliphatic hydroxyl groups is 3. The van der Waals surface area contributed by atoms with Gasteiger partial charge in [-0.1, -0.05) is 30.3 Å². The Kier molecular flexibility index (Phi) is 7.40. The molecule has 1 saturated heterocycles. The van der Waals surface area contributed by atoms with E-state index in [1.807, 2.05) is 12.1 Å². The number of piperazine rings is 1. The van der Waals surface area contributed by atoms with Crippen molar-refractivity contribution in [2.45, 2.75) is 31.0 Å². The van der Waals surface area contributed by atoms with Crippen LogP contribution in [0.15, 0.2) is 59.1 Å². The molecular formula is C33H38N4O7. The molecule has 0 saturated carbocycles. The van der Waals surface area contributed by atoms with Gasteiger partial charge in [0.25, 0.3) is 5.91 Å². The Morgan fingerprint density at radius 2 is 1.68 bits per heavy atom. The molecule has 11 heteroatoms. The predicted molar refractivity (Wildman–Crippen MR) is 162 cm³/mol. The zero-order chi connectivity index (χ0) is 31.7. The summed E-state index contributed by atoms with van der Waals surface area (Å²) in [5, 5.41) is 45.1. The SMILES string of the molecule is CN1CCN(Cc2ccc(-c3ccc(O)c4c3CC3C[C@H]5[C@H](N(C)C)C(O)=C(C(N)=O)C(=O)[C@@]5(O)C(O)=C3C4=O)cc2)CC1. The summed E-state index contributed by atoms with van der Waals surface area (Å²) in [6.45, 7) is 4.91. The van der Waals surface area contributed by atoms with E-state index in [2.05, 4.69) is 29.0 Å². The average Bonchev–Trinajstić information content (AvgIpc) is 2.96. The number of hydrogen-bond donors (Lipinski definition) is 5. The zero-order valence-corrected chi connectivity index (χ0v) is 25.1. The lowest BCUT2D eigenvalue weighted by molar-refractivity contribution is -0.148. The van der Waals surface area contributed by atoms with Crippen LogP contribution < -0.4 is 5.73 Å². The summed E-state index contributed by atoms with van der Waals surface area (Å²) in [5.74, 6) is -6.61. The van der Waals surface area contributed by atoms with Crippen LogP contribution in [-0.2, 0) is 22.6 Å². The first-order chi connectivity index (χ1) is 20.8. The molecule has 232 valence electrons. The van der Waals surface area contributed by atoms with Crippen LogP contribution in [0.25, 0.3) is 11.1 Å². The number of ketones is 2. The van der Waals surface area contributed by atoms with Crippen LogP contribution in [0, 0.1) is 11.8 Å². The van der Waals surface area contributed by atoms with Gasteiger partial charge in [-0.3, -0.25) is 24.2 Å². The lowest BCUT2D eigenvalue weighted by atomic mass is 9.58. The van der Waals surface area contributed by atoms with Crippen molar-refractivity contribution >= 4 is 17.5 Å². The lowest BCUT2D eigenvalue weighted by Gasteiger charge is -2.50. The number of benzene rings is 2. The number of amides is 1. The van der Waals surface area contributed by atoms with Crippen LogP contribution in [0.2, 0.25) is 0 Å². The highest BCUT2D eigenvalue weighted by molar-refractivity contribution is 6.24. The Morgan fingerprint density at radius 1 is 1.02 bits per heavy atom. The summed E-state index contributed by atoms with van der Waals surface area (Å²) < 4.78 is 0. The first-order valence-electron chi connectivity index (χ1n) is 14.8. The van der Waals surface area contributed by atoms with E-state index in [9.17, 15) is 34.8 Å². The molecule has 1 fully saturated rings. The monoisotopic (exact) mass is 602 g/mol. The molecule has 3 aliphatic carbocycles. The van der Waals surface area contributed by atoms with Crippen molar-refractivity contribution in [3.63, 3.8) is 0 Å². The number of carbonyl (C=O) groups excluding carboxylic acids is 3. The van der Waals surface area contributed by atoms with Crippen LogP contribution >= 0.6 is 0 Å². The van der Waals surface area contributed by atoms with Crippen molar-refractivity contribution in [1.29, 1.82) is 0 Å². The minimum Gasteiger partial charge on any atom is -0.510 e. The molecule has 6 rings (SSSR count). The average molecular weight is 603 g/mol. The van der Waals surface area contributed by atoms with E-state index in [0.29, 0.717) is 5.56 Å². The van der Waals surface area contributed by atoms with E-state index in [-0.39, 0.29) is 29.7 Å². The number of likely N-dealkylation sites (N-methyl/N-ethyl adjacent to an activating group) is 2. The Balaban J connectivity index is 1.39. The van der Waals surface area contributed by atoms with Gasteiger partial charge in [0, 0.05) is 44.2 Å². The minimum atomic E-state index is -2.66. The molecule has 4 aliphatic rings. The summed E-state index contributed by atoms with van der Waals surface area (Å²) in [6, 6.07) is 10.3. The van der Waals surface area contributed by atoms with Gasteiger partial charge in [-0.15, -0.1) is 0 Å². The Hall–Kier alpha value is -4.03. The first-order valence-corrected chi connectivity index (χ1v) is 14.8. The lowest BCUT2D eigenvalue weighted by Crippen LogP contribution is -2.63. The summed E-state index contributed by atoms with van der Waals surface area (Å²) in [5.41, 5.74) is 5.17. The number of Topliss-reactive ketones (excluding diaryl/α,β-unsaturated/α-hetero) is 2. The Labute approximate surface area is 255 Å². The second-order valence-electron chi connectivity index (χ2n) is 12.7. The van der Waals surface area contributed by atoms with Crippen LogP contribution in [0.3, 0.4) is 0 Å². The Morgan fingerprint density at radius 3 is 2.30 bits per heavy atom. The van der Waals surface area contributed by atoms with Crippen LogP contribution in [0.1, 0.15) is 27.9 Å². The van der Waals surface area contributed by atoms with Crippen LogP contribution in [0.5, 0.6) is 5.75 Å². The molecule has 0 radical (unpaired) electrons. The highest BCUT2D eigenvalue weighted by Crippen LogP contribution is 2.53. The molecule has 44 heavy (non-hydrogen) atoms. The molecule has 2 aromatic carbocycles. The van der Waals surface area contributed by atoms with E-state index in [0.717, 1.165) is 43.9 Å². The summed E-state index contributed by atoms with van der Waals surface area (Å²) >= 11 is 0. The molecule has 1 amide bonds. The van der Waals surface area contributed by atoms with Gasteiger partial charge in [0.2, 0.25) is 5.78 Å². The quantitative estimate of drug-likeness (QED) is 0.317. The van der Waals surface area contributed by atoms with E-state index in [1.54, 1.807) is 20.2 Å². The second-order valence-corrected chi connectivity index (χ2v) is 12.7. The van der Waals surface area contributed by atoms with Crippen LogP contribution in [-0.4, -0.2) is 112 Å². The van der Waals surface area contributed by atoms with Crippen molar-refractivity contribution in [1.82, 2.24) is 14.7 Å². The number of rotatable bonds is 5. The Bertz CT molecular complexity index is 1620. The normalized spacial score (nSPS) is 27.8. The molecule has 6 N–H and O–H groups in total. The van der Waals surface area contributed by atoms with Crippen molar-refractivity contribution in [2.24, 2.45) is 17.6 Å². The van der Waals surface area contributed by atoms with Crippen LogP contribution in [0.4, 0.5) is 0 Å². The molecule has 2 aromatic rings. The first kappa shape index (κ1) is 30.0. The predicted octanol–water partition coefficient (Wildman–Crippen LogP) is 1.54. The molecule has 1 aliphatic heterocycles. The molecule has 4 atom stereocenters. The summed E-state index contributed by atoms with van der Waals surface area (Å²) in [6.07, 6.45) is 0.284. The molecule has 11 nitrogen and oxygen atoms in total. The third-order valence-electron chi connectivity index (χ3n) is 9.87. The molecule has 1 unspecified atom stereocenters. The van der Waals surface area contributed by atoms with Crippen molar-refractivity contribution < 1.29 is 34.8 Å². The maximum Gasteiger partial charge on any atom is 0.255 e. The molecular weight excluding hydrogens is 564 g/mol. The third kappa shape index (κ3) is 4.54. The fraction of sp³-hybridized carbons (Fsp3) is 0.424. The number of nitrogens with zero attached hydrogens (tertiary/aromatic N) is 3. The zero-order valence-electron chi connectivity index (χ0n) is 25.1. The number of fused-ring (bicyclic) bond motifs is 3. The van der Waals surface area contributed by atoms with Crippen molar-refractivity contribution in [2.75, 3.05) is 47.3 Å². The van der Waals surface area contributed by atoms with Gasteiger partial charge in [-0.25, -0.2) is 0 Å². The maximum atomic E-state index is 14.0. The number of aromatic hydroxyl groups is 1. The van der Waals surface area contributed by atoms with Gasteiger partial charge < -0.3 is 31.1 Å². The van der Waals surface area contributed by atoms with E-state index >= 15 is 0 Å². The minimum absolute atomic E-state index is 0.00444. The number of nitrogens with two attached hydrogens (primary N) is 1. The number of hydrogen-bond acceptors (Lipinski definition) is 10. The number of primary amides is 1. The molecule has 0 bridgehead atoms.